The van der Waals surface area contributed by atoms with Crippen LogP contribution in [0.4, 0.5) is 0 Å². The standard InChI is InChI=1S/C8H11N5/c1-6-3-4-9-13(6)5-8-10-7(2)11-12-8/h3-4H,5H2,1-2H3,(H,10,11,12). The molecule has 2 rings (SSSR count). The maximum atomic E-state index is 4.20. The highest BCUT2D eigenvalue weighted by Gasteiger charge is 2.02. The van der Waals surface area contributed by atoms with Crippen molar-refractivity contribution in [2.24, 2.45) is 0 Å². The van der Waals surface area contributed by atoms with Crippen molar-refractivity contribution in [3.8, 4) is 0 Å². The molecule has 5 nitrogen and oxygen atoms in total. The number of nitrogens with zero attached hydrogens (tertiary/aromatic N) is 4. The molecule has 2 aromatic heterocycles. The zero-order valence-electron chi connectivity index (χ0n) is 7.65. The summed E-state index contributed by atoms with van der Waals surface area (Å²) < 4.78 is 1.86. The minimum Gasteiger partial charge on any atom is -0.263 e. The van der Waals surface area contributed by atoms with E-state index in [2.05, 4.69) is 20.3 Å². The van der Waals surface area contributed by atoms with E-state index in [-0.39, 0.29) is 0 Å². The summed E-state index contributed by atoms with van der Waals surface area (Å²) >= 11 is 0. The SMILES string of the molecule is Cc1nc(Cn2nccc2C)n[nH]1. The average Bonchev–Trinajstić information content (AvgIpc) is 2.64. The van der Waals surface area contributed by atoms with Crippen molar-refractivity contribution >= 4 is 0 Å². The summed E-state index contributed by atoms with van der Waals surface area (Å²) in [4.78, 5) is 4.20. The first-order valence-electron chi connectivity index (χ1n) is 4.12. The number of hydrogen-bond acceptors (Lipinski definition) is 3. The Morgan fingerprint density at radius 3 is 2.85 bits per heavy atom. The number of aromatic nitrogens is 5. The molecule has 0 unspecified atom stereocenters. The molecule has 0 fully saturated rings. The summed E-state index contributed by atoms with van der Waals surface area (Å²) in [5, 5.41) is 11.0. The number of aromatic amines is 1. The van der Waals surface area contributed by atoms with Gasteiger partial charge in [0.2, 0.25) is 0 Å². The summed E-state index contributed by atoms with van der Waals surface area (Å²) in [7, 11) is 0. The monoisotopic (exact) mass is 177 g/mol. The number of nitrogens with one attached hydrogen (secondary N) is 1. The fraction of sp³-hybridized carbons (Fsp3) is 0.375. The molecule has 0 aliphatic rings. The normalized spacial score (nSPS) is 10.6. The van der Waals surface area contributed by atoms with E-state index in [1.807, 2.05) is 24.6 Å². The third-order valence-corrected chi connectivity index (χ3v) is 1.86. The first kappa shape index (κ1) is 7.97. The zero-order valence-corrected chi connectivity index (χ0v) is 7.65. The van der Waals surface area contributed by atoms with Gasteiger partial charge in [0.15, 0.2) is 5.82 Å². The minimum atomic E-state index is 0.628. The van der Waals surface area contributed by atoms with Gasteiger partial charge in [-0.3, -0.25) is 9.78 Å². The third-order valence-electron chi connectivity index (χ3n) is 1.86. The number of aryl methyl sites for hydroxylation is 2. The van der Waals surface area contributed by atoms with Gasteiger partial charge < -0.3 is 0 Å². The third kappa shape index (κ3) is 1.58. The summed E-state index contributed by atoms with van der Waals surface area (Å²) in [6.45, 7) is 4.52. The maximum Gasteiger partial charge on any atom is 0.172 e. The molecule has 0 aliphatic carbocycles. The average molecular weight is 177 g/mol. The molecule has 0 spiro atoms. The molecule has 0 aliphatic heterocycles. The molecule has 0 radical (unpaired) electrons. The van der Waals surface area contributed by atoms with Gasteiger partial charge in [-0.15, -0.1) is 0 Å². The number of hydrogen-bond donors (Lipinski definition) is 1. The number of H-pyrrole nitrogens is 1. The van der Waals surface area contributed by atoms with E-state index in [4.69, 9.17) is 0 Å². The van der Waals surface area contributed by atoms with Crippen molar-refractivity contribution < 1.29 is 0 Å². The maximum absolute atomic E-state index is 4.20. The van der Waals surface area contributed by atoms with Gasteiger partial charge in [-0.1, -0.05) is 0 Å². The highest BCUT2D eigenvalue weighted by molar-refractivity contribution is 4.99. The van der Waals surface area contributed by atoms with Crippen LogP contribution in [0, 0.1) is 13.8 Å². The van der Waals surface area contributed by atoms with Gasteiger partial charge in [-0.25, -0.2) is 4.98 Å². The minimum absolute atomic E-state index is 0.628. The van der Waals surface area contributed by atoms with Gasteiger partial charge >= 0.3 is 0 Å². The van der Waals surface area contributed by atoms with Crippen LogP contribution in [0.15, 0.2) is 12.3 Å². The molecule has 0 aromatic carbocycles. The summed E-state index contributed by atoms with van der Waals surface area (Å²) in [6.07, 6.45) is 1.77. The molecule has 5 heteroatoms. The predicted molar refractivity (Wildman–Crippen MR) is 47.2 cm³/mol. The van der Waals surface area contributed by atoms with Crippen molar-refractivity contribution in [3.63, 3.8) is 0 Å². The van der Waals surface area contributed by atoms with Crippen molar-refractivity contribution in [1.82, 2.24) is 25.0 Å². The van der Waals surface area contributed by atoms with Gasteiger partial charge in [0.1, 0.15) is 12.4 Å². The van der Waals surface area contributed by atoms with Crippen LogP contribution < -0.4 is 0 Å². The molecule has 2 heterocycles. The molecular formula is C8H11N5. The molecule has 2 aromatic rings. The van der Waals surface area contributed by atoms with Crippen molar-refractivity contribution in [3.05, 3.63) is 29.6 Å². The second kappa shape index (κ2) is 3.01. The van der Waals surface area contributed by atoms with Gasteiger partial charge in [-0.05, 0) is 19.9 Å². The first-order valence-corrected chi connectivity index (χ1v) is 4.12. The summed E-state index contributed by atoms with van der Waals surface area (Å²) in [5.41, 5.74) is 1.11. The van der Waals surface area contributed by atoms with E-state index < -0.39 is 0 Å². The van der Waals surface area contributed by atoms with Gasteiger partial charge in [0, 0.05) is 11.9 Å². The Morgan fingerprint density at radius 1 is 1.46 bits per heavy atom. The van der Waals surface area contributed by atoms with Crippen LogP contribution in [0.3, 0.4) is 0 Å². The van der Waals surface area contributed by atoms with E-state index in [0.717, 1.165) is 17.3 Å². The van der Waals surface area contributed by atoms with Crippen LogP contribution in [-0.4, -0.2) is 25.0 Å². The van der Waals surface area contributed by atoms with Crippen LogP contribution in [0.5, 0.6) is 0 Å². The number of rotatable bonds is 2. The molecule has 0 saturated carbocycles. The lowest BCUT2D eigenvalue weighted by atomic mass is 10.5. The van der Waals surface area contributed by atoms with Crippen molar-refractivity contribution in [1.29, 1.82) is 0 Å². The Hall–Kier alpha value is -1.65. The lowest BCUT2D eigenvalue weighted by Crippen LogP contribution is -2.04. The molecule has 0 amide bonds. The van der Waals surface area contributed by atoms with Gasteiger partial charge in [-0.2, -0.15) is 10.2 Å². The van der Waals surface area contributed by atoms with E-state index in [9.17, 15) is 0 Å². The second-order valence-corrected chi connectivity index (χ2v) is 2.97. The van der Waals surface area contributed by atoms with Crippen molar-refractivity contribution in [2.45, 2.75) is 20.4 Å². The zero-order chi connectivity index (χ0) is 9.26. The molecule has 68 valence electrons. The predicted octanol–water partition coefficient (Wildman–Crippen LogP) is 0.666. The fourth-order valence-corrected chi connectivity index (χ4v) is 1.16. The topological polar surface area (TPSA) is 59.4 Å². The molecule has 0 bridgehead atoms. The van der Waals surface area contributed by atoms with Crippen LogP contribution >= 0.6 is 0 Å². The van der Waals surface area contributed by atoms with E-state index in [1.165, 1.54) is 0 Å². The summed E-state index contributed by atoms with van der Waals surface area (Å²) in [6, 6.07) is 1.96. The quantitative estimate of drug-likeness (QED) is 0.733. The first-order chi connectivity index (χ1) is 6.25. The molecule has 0 saturated heterocycles. The lowest BCUT2D eigenvalue weighted by molar-refractivity contribution is 0.639. The van der Waals surface area contributed by atoms with E-state index in [1.54, 1.807) is 6.20 Å². The fourth-order valence-electron chi connectivity index (χ4n) is 1.16. The highest BCUT2D eigenvalue weighted by Crippen LogP contribution is 1.99. The van der Waals surface area contributed by atoms with Crippen molar-refractivity contribution in [2.75, 3.05) is 0 Å². The Morgan fingerprint density at radius 2 is 2.31 bits per heavy atom. The van der Waals surface area contributed by atoms with Gasteiger partial charge in [0.25, 0.3) is 0 Å². The lowest BCUT2D eigenvalue weighted by Gasteiger charge is -1.98. The largest absolute Gasteiger partial charge is 0.263 e. The second-order valence-electron chi connectivity index (χ2n) is 2.97. The Kier molecular flexibility index (Phi) is 1.84. The smallest absolute Gasteiger partial charge is 0.172 e. The molecule has 0 atom stereocenters. The Balaban J connectivity index is 2.19. The Labute approximate surface area is 75.8 Å². The summed E-state index contributed by atoms with van der Waals surface area (Å²) in [5.74, 6) is 1.60. The molecule has 1 N–H and O–H groups in total. The van der Waals surface area contributed by atoms with Crippen LogP contribution in [0.1, 0.15) is 17.3 Å². The van der Waals surface area contributed by atoms with E-state index in [0.29, 0.717) is 6.54 Å². The Bertz CT molecular complexity index is 400. The van der Waals surface area contributed by atoms with Crippen LogP contribution in [-0.2, 0) is 6.54 Å². The molecule has 13 heavy (non-hydrogen) atoms. The molecular weight excluding hydrogens is 166 g/mol. The van der Waals surface area contributed by atoms with E-state index >= 15 is 0 Å². The van der Waals surface area contributed by atoms with Crippen LogP contribution in [0.2, 0.25) is 0 Å². The van der Waals surface area contributed by atoms with Gasteiger partial charge in [0.05, 0.1) is 0 Å². The van der Waals surface area contributed by atoms with Crippen LogP contribution in [0.25, 0.3) is 0 Å². The highest BCUT2D eigenvalue weighted by atomic mass is 15.3.